The number of anilines is 1. The first-order valence-corrected chi connectivity index (χ1v) is 8.21. The summed E-state index contributed by atoms with van der Waals surface area (Å²) in [4.78, 5) is 13.0. The predicted molar refractivity (Wildman–Crippen MR) is 90.9 cm³/mol. The van der Waals surface area contributed by atoms with Gasteiger partial charge in [0.2, 0.25) is 11.8 Å². The van der Waals surface area contributed by atoms with E-state index in [1.807, 2.05) is 31.4 Å². The number of thiophene rings is 1. The average Bonchev–Trinajstić information content (AvgIpc) is 3.10. The number of nitrogens with zero attached hydrogens (tertiary/aromatic N) is 2. The first-order chi connectivity index (χ1) is 11.0. The van der Waals surface area contributed by atoms with Crippen LogP contribution in [0.2, 0.25) is 5.02 Å². The van der Waals surface area contributed by atoms with Gasteiger partial charge in [0.25, 0.3) is 5.89 Å². The van der Waals surface area contributed by atoms with Gasteiger partial charge < -0.3 is 9.73 Å². The van der Waals surface area contributed by atoms with Crippen molar-refractivity contribution in [3.8, 4) is 10.8 Å². The summed E-state index contributed by atoms with van der Waals surface area (Å²) in [6.07, 6.45) is 0.00162. The summed E-state index contributed by atoms with van der Waals surface area (Å²) in [7, 11) is 0. The second-order valence-corrected chi connectivity index (χ2v) is 6.47. The van der Waals surface area contributed by atoms with Crippen molar-refractivity contribution in [1.82, 2.24) is 10.2 Å². The van der Waals surface area contributed by atoms with Crippen LogP contribution in [-0.4, -0.2) is 16.1 Å². The molecule has 1 aromatic carbocycles. The first-order valence-electron chi connectivity index (χ1n) is 6.96. The molecular formula is C16H14ClN3O2S. The summed E-state index contributed by atoms with van der Waals surface area (Å²) in [6, 6.07) is 7.42. The van der Waals surface area contributed by atoms with Gasteiger partial charge in [0, 0.05) is 0 Å². The number of aromatic nitrogens is 2. The van der Waals surface area contributed by atoms with Crippen molar-refractivity contribution < 1.29 is 9.21 Å². The minimum atomic E-state index is -0.256. The molecule has 2 heterocycles. The van der Waals surface area contributed by atoms with Crippen molar-refractivity contribution >= 4 is 34.5 Å². The van der Waals surface area contributed by atoms with Crippen LogP contribution >= 0.6 is 22.9 Å². The normalized spacial score (nSPS) is 10.7. The zero-order valence-electron chi connectivity index (χ0n) is 12.6. The molecule has 1 N–H and O–H groups in total. The molecule has 0 saturated heterocycles. The highest BCUT2D eigenvalue weighted by Gasteiger charge is 2.15. The molecule has 0 spiro atoms. The summed E-state index contributed by atoms with van der Waals surface area (Å²) in [5.41, 5.74) is 2.66. The standard InChI is InChI=1S/C16H14ClN3O2S/c1-9-3-4-12(11(17)7-9)18-13(21)8-14-19-20-16(22-14)15-10(2)5-6-23-15/h3-7H,8H2,1-2H3,(H,18,21). The van der Waals surface area contributed by atoms with E-state index in [-0.39, 0.29) is 18.2 Å². The smallest absolute Gasteiger partial charge is 0.258 e. The monoisotopic (exact) mass is 347 g/mol. The molecular weight excluding hydrogens is 334 g/mol. The maximum Gasteiger partial charge on any atom is 0.258 e. The highest BCUT2D eigenvalue weighted by Crippen LogP contribution is 2.28. The number of benzene rings is 1. The number of amides is 1. The van der Waals surface area contributed by atoms with E-state index in [2.05, 4.69) is 15.5 Å². The molecule has 3 rings (SSSR count). The Morgan fingerprint density at radius 3 is 2.83 bits per heavy atom. The largest absolute Gasteiger partial charge is 0.419 e. The Morgan fingerprint density at radius 1 is 1.30 bits per heavy atom. The van der Waals surface area contributed by atoms with Gasteiger partial charge in [-0.15, -0.1) is 21.5 Å². The van der Waals surface area contributed by atoms with Crippen LogP contribution in [0.3, 0.4) is 0 Å². The fraction of sp³-hybridized carbons (Fsp3) is 0.188. The van der Waals surface area contributed by atoms with Gasteiger partial charge in [0.05, 0.1) is 15.6 Å². The predicted octanol–water partition coefficient (Wildman–Crippen LogP) is 4.25. The number of carbonyl (C=O) groups is 1. The molecule has 0 fully saturated rings. The second kappa shape index (κ2) is 6.52. The third-order valence-electron chi connectivity index (χ3n) is 3.23. The number of rotatable bonds is 4. The molecule has 118 valence electrons. The Bertz CT molecular complexity index is 857. The van der Waals surface area contributed by atoms with Crippen molar-refractivity contribution in [1.29, 1.82) is 0 Å². The topological polar surface area (TPSA) is 68.0 Å². The molecule has 7 heteroatoms. The van der Waals surface area contributed by atoms with Gasteiger partial charge in [-0.2, -0.15) is 0 Å². The lowest BCUT2D eigenvalue weighted by molar-refractivity contribution is -0.115. The van der Waals surface area contributed by atoms with Gasteiger partial charge in [-0.25, -0.2) is 0 Å². The van der Waals surface area contributed by atoms with Crippen LogP contribution < -0.4 is 5.32 Å². The molecule has 0 aliphatic heterocycles. The molecule has 1 amide bonds. The van der Waals surface area contributed by atoms with E-state index in [0.29, 0.717) is 16.6 Å². The Morgan fingerprint density at radius 2 is 2.13 bits per heavy atom. The molecule has 5 nitrogen and oxygen atoms in total. The molecule has 0 aliphatic carbocycles. The molecule has 0 saturated carbocycles. The number of halogens is 1. The Balaban J connectivity index is 1.69. The molecule has 0 aliphatic rings. The van der Waals surface area contributed by atoms with E-state index in [4.69, 9.17) is 16.0 Å². The van der Waals surface area contributed by atoms with Crippen LogP contribution in [0.15, 0.2) is 34.1 Å². The average molecular weight is 348 g/mol. The van der Waals surface area contributed by atoms with Gasteiger partial charge in [-0.1, -0.05) is 17.7 Å². The fourth-order valence-corrected chi connectivity index (χ4v) is 3.19. The summed E-state index contributed by atoms with van der Waals surface area (Å²) >= 11 is 7.63. The number of hydrogen-bond acceptors (Lipinski definition) is 5. The van der Waals surface area contributed by atoms with Crippen LogP contribution in [0, 0.1) is 13.8 Å². The third kappa shape index (κ3) is 3.60. The minimum Gasteiger partial charge on any atom is -0.419 e. The molecule has 3 aromatic rings. The van der Waals surface area contributed by atoms with Crippen molar-refractivity contribution in [2.45, 2.75) is 20.3 Å². The SMILES string of the molecule is Cc1ccc(NC(=O)Cc2nnc(-c3sccc3C)o2)c(Cl)c1. The fourth-order valence-electron chi connectivity index (χ4n) is 2.06. The van der Waals surface area contributed by atoms with Crippen molar-refractivity contribution in [2.75, 3.05) is 5.32 Å². The van der Waals surface area contributed by atoms with Gasteiger partial charge >= 0.3 is 0 Å². The van der Waals surface area contributed by atoms with E-state index < -0.39 is 0 Å². The molecule has 0 unspecified atom stereocenters. The van der Waals surface area contributed by atoms with Crippen LogP contribution in [-0.2, 0) is 11.2 Å². The number of aryl methyl sites for hydroxylation is 2. The molecule has 0 atom stereocenters. The molecule has 23 heavy (non-hydrogen) atoms. The van der Waals surface area contributed by atoms with Crippen LogP contribution in [0.4, 0.5) is 5.69 Å². The van der Waals surface area contributed by atoms with E-state index in [0.717, 1.165) is 16.0 Å². The Labute approximate surface area is 142 Å². The van der Waals surface area contributed by atoms with Crippen molar-refractivity contribution in [2.24, 2.45) is 0 Å². The first kappa shape index (κ1) is 15.7. The highest BCUT2D eigenvalue weighted by molar-refractivity contribution is 7.13. The third-order valence-corrected chi connectivity index (χ3v) is 4.55. The quantitative estimate of drug-likeness (QED) is 0.766. The van der Waals surface area contributed by atoms with E-state index in [1.54, 1.807) is 12.1 Å². The van der Waals surface area contributed by atoms with E-state index >= 15 is 0 Å². The van der Waals surface area contributed by atoms with E-state index in [9.17, 15) is 4.79 Å². The van der Waals surface area contributed by atoms with Crippen molar-refractivity contribution in [3.05, 3.63) is 51.7 Å². The second-order valence-electron chi connectivity index (χ2n) is 5.14. The summed E-state index contributed by atoms with van der Waals surface area (Å²) in [5, 5.41) is 13.1. The Hall–Kier alpha value is -2.18. The van der Waals surface area contributed by atoms with Crippen LogP contribution in [0.25, 0.3) is 10.8 Å². The summed E-state index contributed by atoms with van der Waals surface area (Å²) in [6.45, 7) is 3.91. The van der Waals surface area contributed by atoms with Gasteiger partial charge in [-0.3, -0.25) is 4.79 Å². The van der Waals surface area contributed by atoms with Crippen LogP contribution in [0.1, 0.15) is 17.0 Å². The molecule has 2 aromatic heterocycles. The highest BCUT2D eigenvalue weighted by atomic mass is 35.5. The number of nitrogens with one attached hydrogen (secondary N) is 1. The zero-order chi connectivity index (χ0) is 16.4. The summed E-state index contributed by atoms with van der Waals surface area (Å²) < 4.78 is 5.56. The molecule has 0 bridgehead atoms. The van der Waals surface area contributed by atoms with Crippen LogP contribution in [0.5, 0.6) is 0 Å². The minimum absolute atomic E-state index is 0.00162. The van der Waals surface area contributed by atoms with Gasteiger partial charge in [0.1, 0.15) is 6.42 Å². The van der Waals surface area contributed by atoms with E-state index in [1.165, 1.54) is 11.3 Å². The van der Waals surface area contributed by atoms with Gasteiger partial charge in [-0.05, 0) is 48.6 Å². The lowest BCUT2D eigenvalue weighted by Gasteiger charge is -2.06. The lowest BCUT2D eigenvalue weighted by Crippen LogP contribution is -2.14. The maximum atomic E-state index is 12.1. The number of hydrogen-bond donors (Lipinski definition) is 1. The summed E-state index contributed by atoms with van der Waals surface area (Å²) in [5.74, 6) is 0.455. The zero-order valence-corrected chi connectivity index (χ0v) is 14.2. The van der Waals surface area contributed by atoms with Gasteiger partial charge in [0.15, 0.2) is 0 Å². The Kier molecular flexibility index (Phi) is 4.45. The van der Waals surface area contributed by atoms with Crippen molar-refractivity contribution in [3.63, 3.8) is 0 Å². The lowest BCUT2D eigenvalue weighted by atomic mass is 10.2. The number of carbonyl (C=O) groups excluding carboxylic acids is 1. The maximum absolute atomic E-state index is 12.1. The molecule has 0 radical (unpaired) electrons.